The Hall–Kier alpha value is -1.12. The Labute approximate surface area is 347 Å². The summed E-state index contributed by atoms with van der Waals surface area (Å²) in [5.41, 5.74) is 7.32. The van der Waals surface area contributed by atoms with Crippen molar-refractivity contribution in [2.24, 2.45) is 75.4 Å². The Morgan fingerprint density at radius 1 is 0.679 bits per heavy atom. The molecule has 0 saturated heterocycles. The average molecular weight is 771 g/mol. The molecule has 7 rings (SSSR count). The van der Waals surface area contributed by atoms with Gasteiger partial charge in [-0.2, -0.15) is 0 Å². The summed E-state index contributed by atoms with van der Waals surface area (Å²) in [4.78, 5) is 0. The van der Waals surface area contributed by atoms with E-state index in [9.17, 15) is 10.2 Å². The van der Waals surface area contributed by atoms with Gasteiger partial charge in [0.1, 0.15) is 0 Å². The van der Waals surface area contributed by atoms with E-state index in [4.69, 9.17) is 0 Å². The summed E-state index contributed by atoms with van der Waals surface area (Å²) >= 11 is 0. The molecular formula is C54H90O2. The second kappa shape index (κ2) is 18.7. The number of allylic oxidation sites excluding steroid dienone is 5. The van der Waals surface area contributed by atoms with Crippen LogP contribution in [0.15, 0.2) is 47.1 Å². The third-order valence-electron chi connectivity index (χ3n) is 18.6. The third-order valence-corrected chi connectivity index (χ3v) is 18.6. The van der Waals surface area contributed by atoms with Gasteiger partial charge in [0.15, 0.2) is 0 Å². The molecule has 6 fully saturated rings. The summed E-state index contributed by atoms with van der Waals surface area (Å²) in [5.74, 6) is 8.83. The average Bonchev–Trinajstić information content (AvgIpc) is 3.69. The molecule has 0 unspecified atom stereocenters. The molecule has 7 aliphatic carbocycles. The second-order valence-corrected chi connectivity index (χ2v) is 23.0. The highest BCUT2D eigenvalue weighted by molar-refractivity contribution is 5.36. The van der Waals surface area contributed by atoms with Crippen LogP contribution >= 0.6 is 0 Å². The molecule has 2 N–H and O–H groups in total. The zero-order valence-electron chi connectivity index (χ0n) is 38.3. The van der Waals surface area contributed by atoms with E-state index >= 15 is 0 Å². The minimum absolute atomic E-state index is 0.0766. The lowest BCUT2D eigenvalue weighted by Crippen LogP contribution is -2.50. The van der Waals surface area contributed by atoms with Crippen LogP contribution in [0.4, 0.5) is 0 Å². The molecule has 0 radical (unpaired) electrons. The molecular weight excluding hydrogens is 681 g/mol. The maximum absolute atomic E-state index is 10.2. The van der Waals surface area contributed by atoms with E-state index in [2.05, 4.69) is 87.1 Å². The Morgan fingerprint density at radius 2 is 1.32 bits per heavy atom. The number of hydrogen-bond acceptors (Lipinski definition) is 2. The van der Waals surface area contributed by atoms with E-state index in [0.717, 1.165) is 91.3 Å². The van der Waals surface area contributed by atoms with Crippen LogP contribution in [0.5, 0.6) is 0 Å². The molecule has 0 spiro atoms. The molecule has 6 saturated carbocycles. The summed E-state index contributed by atoms with van der Waals surface area (Å²) in [6.45, 7) is 26.7. The molecule has 0 bridgehead atoms. The molecule has 318 valence electrons. The highest BCUT2D eigenvalue weighted by atomic mass is 16.3. The maximum Gasteiger partial charge on any atom is 0.0583 e. The van der Waals surface area contributed by atoms with Crippen LogP contribution in [-0.4, -0.2) is 22.4 Å². The van der Waals surface area contributed by atoms with Crippen molar-refractivity contribution in [1.29, 1.82) is 0 Å². The zero-order chi connectivity index (χ0) is 40.4. The Morgan fingerprint density at radius 3 is 2.00 bits per heavy atom. The topological polar surface area (TPSA) is 40.5 Å². The van der Waals surface area contributed by atoms with Crippen molar-refractivity contribution in [3.8, 4) is 0 Å². The zero-order valence-corrected chi connectivity index (χ0v) is 38.3. The number of fused-ring (bicyclic) bond motifs is 6. The summed E-state index contributed by atoms with van der Waals surface area (Å²) in [6, 6.07) is 0. The molecule has 2 heteroatoms. The van der Waals surface area contributed by atoms with Gasteiger partial charge in [0.05, 0.1) is 12.2 Å². The van der Waals surface area contributed by atoms with Crippen molar-refractivity contribution in [3.05, 3.63) is 47.1 Å². The summed E-state index contributed by atoms with van der Waals surface area (Å²) in [5, 5.41) is 20.2. The first-order chi connectivity index (χ1) is 26.6. The first kappa shape index (κ1) is 44.4. The maximum atomic E-state index is 10.2. The SMILES string of the molecule is C=C1CC[C@@H](O)C/C1=C/C=C1\CCC[C@]2(C)[C@@H]([C@H](C)CCCC(C)C)CC[C@@H]12.CC(C)CCC[C@@H](C)[C@H]1CC[C@H]2[C@@H]3CC=C4C[C@@H](O)CC[C@]4(C)[C@H]3CC[C@]12C. The molecule has 56 heavy (non-hydrogen) atoms. The highest BCUT2D eigenvalue weighted by Crippen LogP contribution is 2.67. The third kappa shape index (κ3) is 9.43. The number of aliphatic hydroxyl groups excluding tert-OH is 2. The van der Waals surface area contributed by atoms with Gasteiger partial charge in [-0.1, -0.05) is 142 Å². The van der Waals surface area contributed by atoms with E-state index < -0.39 is 0 Å². The van der Waals surface area contributed by atoms with Crippen molar-refractivity contribution in [2.45, 2.75) is 216 Å². The Bertz CT molecular complexity index is 1410. The standard InChI is InChI=1S/C27H46O.C27H44O/c1-18(2)7-6-8-19(3)23-11-12-24-22-10-9-20-17-21(28)13-15-26(20,4)25(22)14-16-27(23,24)5;1-19(2)8-6-9-21(4)25-15-16-26-22(10-7-17-27(25,26)5)12-13-23-18-24(28)14-11-20(23)3/h9,18-19,21-25,28H,6-8,10-17H2,1-5H3;12-13,19,21,24-26,28H,3,6-11,14-18H2,1-2,4-5H3/b;22-12+,23-13-/t19-,21+,22+,23-,24+,25+,26+,27-;21-,24-,25-,26+,27-/m11/s1. The van der Waals surface area contributed by atoms with E-state index in [1.807, 2.05) is 0 Å². The van der Waals surface area contributed by atoms with E-state index in [-0.39, 0.29) is 12.2 Å². The van der Waals surface area contributed by atoms with Gasteiger partial charge in [0.2, 0.25) is 0 Å². The van der Waals surface area contributed by atoms with Crippen LogP contribution in [0.25, 0.3) is 0 Å². The van der Waals surface area contributed by atoms with E-state index in [1.54, 1.807) is 11.1 Å². The van der Waals surface area contributed by atoms with Crippen LogP contribution in [0.1, 0.15) is 204 Å². The first-order valence-electron chi connectivity index (χ1n) is 24.7. The van der Waals surface area contributed by atoms with Crippen molar-refractivity contribution < 1.29 is 10.2 Å². The van der Waals surface area contributed by atoms with Crippen molar-refractivity contribution in [3.63, 3.8) is 0 Å². The number of hydrogen-bond donors (Lipinski definition) is 2. The van der Waals surface area contributed by atoms with Crippen molar-refractivity contribution in [1.82, 2.24) is 0 Å². The quantitative estimate of drug-likeness (QED) is 0.205. The van der Waals surface area contributed by atoms with Gasteiger partial charge >= 0.3 is 0 Å². The van der Waals surface area contributed by atoms with Crippen LogP contribution in [0.3, 0.4) is 0 Å². The normalized spacial score (nSPS) is 42.1. The highest BCUT2D eigenvalue weighted by Gasteiger charge is 2.59. The molecule has 13 atom stereocenters. The van der Waals surface area contributed by atoms with Gasteiger partial charge in [0.25, 0.3) is 0 Å². The second-order valence-electron chi connectivity index (χ2n) is 23.0. The lowest BCUT2D eigenvalue weighted by Gasteiger charge is -2.58. The van der Waals surface area contributed by atoms with Gasteiger partial charge in [-0.3, -0.25) is 0 Å². The largest absolute Gasteiger partial charge is 0.393 e. The first-order valence-corrected chi connectivity index (χ1v) is 24.7. The molecule has 0 heterocycles. The fourth-order valence-electron chi connectivity index (χ4n) is 15.3. The van der Waals surface area contributed by atoms with Gasteiger partial charge < -0.3 is 10.2 Å². The molecule has 0 aliphatic heterocycles. The monoisotopic (exact) mass is 771 g/mol. The van der Waals surface area contributed by atoms with Gasteiger partial charge in [-0.15, -0.1) is 0 Å². The number of aliphatic hydroxyl groups is 2. The summed E-state index contributed by atoms with van der Waals surface area (Å²) in [7, 11) is 0. The minimum Gasteiger partial charge on any atom is -0.393 e. The molecule has 0 aromatic carbocycles. The molecule has 0 amide bonds. The molecule has 0 aromatic heterocycles. The predicted octanol–water partition coefficient (Wildman–Crippen LogP) is 15.0. The fraction of sp³-hybridized carbons (Fsp3) is 0.852. The van der Waals surface area contributed by atoms with Crippen LogP contribution < -0.4 is 0 Å². The minimum atomic E-state index is -0.172. The van der Waals surface area contributed by atoms with E-state index in [0.29, 0.717) is 16.2 Å². The smallest absolute Gasteiger partial charge is 0.0583 e. The Kier molecular flexibility index (Phi) is 14.8. The summed E-state index contributed by atoms with van der Waals surface area (Å²) < 4.78 is 0. The molecule has 7 aliphatic rings. The predicted molar refractivity (Wildman–Crippen MR) is 240 cm³/mol. The lowest BCUT2D eigenvalue weighted by molar-refractivity contribution is -0.0573. The Balaban J connectivity index is 0.000000190. The summed E-state index contributed by atoms with van der Waals surface area (Å²) in [6.07, 6.45) is 35.4. The van der Waals surface area contributed by atoms with Gasteiger partial charge in [0, 0.05) is 0 Å². The van der Waals surface area contributed by atoms with Crippen molar-refractivity contribution in [2.75, 3.05) is 0 Å². The number of rotatable bonds is 11. The fourth-order valence-corrected chi connectivity index (χ4v) is 15.3. The molecule has 0 aromatic rings. The van der Waals surface area contributed by atoms with Crippen molar-refractivity contribution >= 4 is 0 Å². The van der Waals surface area contributed by atoms with Crippen LogP contribution in [0, 0.1) is 75.4 Å². The van der Waals surface area contributed by atoms with Crippen LogP contribution in [0.2, 0.25) is 0 Å². The van der Waals surface area contributed by atoms with E-state index in [1.165, 1.54) is 120 Å². The molecule has 2 nitrogen and oxygen atoms in total. The van der Waals surface area contributed by atoms with Gasteiger partial charge in [-0.25, -0.2) is 0 Å². The lowest BCUT2D eigenvalue weighted by atomic mass is 9.47. The van der Waals surface area contributed by atoms with Gasteiger partial charge in [-0.05, 0) is 184 Å². The van der Waals surface area contributed by atoms with Crippen LogP contribution in [-0.2, 0) is 0 Å².